The van der Waals surface area contributed by atoms with Gasteiger partial charge in [0.05, 0.1) is 6.61 Å². The van der Waals surface area contributed by atoms with Crippen LogP contribution in [0.25, 0.3) is 0 Å². The lowest BCUT2D eigenvalue weighted by atomic mass is 9.97. The second kappa shape index (κ2) is 11.9. The number of ether oxygens (including phenoxy) is 2. The quantitative estimate of drug-likeness (QED) is 0.529. The molecular formula is C21H36N2O3. The Morgan fingerprint density at radius 1 is 1.08 bits per heavy atom. The van der Waals surface area contributed by atoms with Crippen molar-refractivity contribution < 1.29 is 14.3 Å². The van der Waals surface area contributed by atoms with E-state index in [2.05, 4.69) is 38.2 Å². The van der Waals surface area contributed by atoms with Crippen molar-refractivity contribution in [3.05, 3.63) is 24.3 Å². The van der Waals surface area contributed by atoms with E-state index in [1.807, 2.05) is 31.2 Å². The van der Waals surface area contributed by atoms with Crippen LogP contribution in [0.2, 0.25) is 0 Å². The first-order valence-corrected chi connectivity index (χ1v) is 9.74. The highest BCUT2D eigenvalue weighted by molar-refractivity contribution is 5.97. The fourth-order valence-corrected chi connectivity index (χ4v) is 2.56. The molecule has 0 radical (unpaired) electrons. The molecule has 26 heavy (non-hydrogen) atoms. The van der Waals surface area contributed by atoms with Crippen LogP contribution in [0.3, 0.4) is 0 Å². The number of benzene rings is 1. The lowest BCUT2D eigenvalue weighted by Crippen LogP contribution is -2.43. The van der Waals surface area contributed by atoms with Crippen LogP contribution in [0.4, 0.5) is 5.69 Å². The molecule has 0 bridgehead atoms. The first-order chi connectivity index (χ1) is 12.4. The maximum Gasteiger partial charge on any atom is 0.256 e. The molecule has 1 aromatic rings. The van der Waals surface area contributed by atoms with Gasteiger partial charge in [-0.3, -0.25) is 4.79 Å². The van der Waals surface area contributed by atoms with E-state index < -0.39 is 5.60 Å². The number of unbranched alkanes of at least 4 members (excludes halogenated alkanes) is 1. The van der Waals surface area contributed by atoms with Crippen LogP contribution >= 0.6 is 0 Å². The van der Waals surface area contributed by atoms with Crippen LogP contribution in [0.15, 0.2) is 24.3 Å². The zero-order valence-corrected chi connectivity index (χ0v) is 17.1. The molecule has 0 fully saturated rings. The van der Waals surface area contributed by atoms with Crippen molar-refractivity contribution in [1.82, 2.24) is 4.90 Å². The number of carbonyl (C=O) groups excluding carboxylic acids is 1. The second-order valence-corrected chi connectivity index (χ2v) is 7.17. The number of nitrogens with one attached hydrogen (secondary N) is 1. The fourth-order valence-electron chi connectivity index (χ4n) is 2.56. The third-order valence-corrected chi connectivity index (χ3v) is 4.24. The smallest absolute Gasteiger partial charge is 0.256 e. The summed E-state index contributed by atoms with van der Waals surface area (Å²) in [6, 6.07) is 7.53. The first kappa shape index (κ1) is 22.5. The average Bonchev–Trinajstić information content (AvgIpc) is 2.63. The van der Waals surface area contributed by atoms with E-state index in [0.29, 0.717) is 13.2 Å². The number of hydrogen-bond donors (Lipinski definition) is 1. The topological polar surface area (TPSA) is 50.8 Å². The molecule has 0 heterocycles. The monoisotopic (exact) mass is 364 g/mol. The number of anilines is 1. The van der Waals surface area contributed by atoms with Crippen LogP contribution in [0.1, 0.15) is 52.9 Å². The van der Waals surface area contributed by atoms with Gasteiger partial charge in [-0.25, -0.2) is 0 Å². The fraction of sp³-hybridized carbons (Fsp3) is 0.667. The van der Waals surface area contributed by atoms with E-state index in [9.17, 15) is 4.79 Å². The van der Waals surface area contributed by atoms with E-state index in [1.165, 1.54) is 0 Å². The summed E-state index contributed by atoms with van der Waals surface area (Å²) in [4.78, 5) is 14.9. The van der Waals surface area contributed by atoms with Crippen LogP contribution < -0.4 is 10.1 Å². The molecule has 0 spiro atoms. The third-order valence-electron chi connectivity index (χ3n) is 4.24. The summed E-state index contributed by atoms with van der Waals surface area (Å²) >= 11 is 0. The summed E-state index contributed by atoms with van der Waals surface area (Å²) in [5.74, 6) is 0.733. The summed E-state index contributed by atoms with van der Waals surface area (Å²) in [7, 11) is 4.10. The Balaban J connectivity index is 2.58. The Morgan fingerprint density at radius 2 is 1.77 bits per heavy atom. The molecule has 0 saturated heterocycles. The molecular weight excluding hydrogens is 328 g/mol. The lowest BCUT2D eigenvalue weighted by Gasteiger charge is -2.28. The summed E-state index contributed by atoms with van der Waals surface area (Å²) in [5, 5.41) is 2.98. The van der Waals surface area contributed by atoms with Gasteiger partial charge in [-0.15, -0.1) is 0 Å². The van der Waals surface area contributed by atoms with Gasteiger partial charge >= 0.3 is 0 Å². The minimum atomic E-state index is -0.784. The van der Waals surface area contributed by atoms with Crippen molar-refractivity contribution in [2.75, 3.05) is 39.2 Å². The van der Waals surface area contributed by atoms with Crippen LogP contribution in [-0.4, -0.2) is 50.3 Å². The number of carbonyl (C=O) groups is 1. The predicted octanol–water partition coefficient (Wildman–Crippen LogP) is 4.33. The van der Waals surface area contributed by atoms with Gasteiger partial charge in [-0.05, 0) is 64.5 Å². The highest BCUT2D eigenvalue weighted by Gasteiger charge is 2.33. The Kier molecular flexibility index (Phi) is 10.3. The van der Waals surface area contributed by atoms with E-state index >= 15 is 0 Å². The molecule has 1 N–H and O–H groups in total. The molecule has 0 aromatic heterocycles. The number of hydrogen-bond acceptors (Lipinski definition) is 4. The Bertz CT molecular complexity index is 506. The number of amides is 1. The average molecular weight is 365 g/mol. The molecule has 1 amide bonds. The zero-order valence-electron chi connectivity index (χ0n) is 17.1. The number of rotatable bonds is 13. The Labute approximate surface area is 159 Å². The van der Waals surface area contributed by atoms with Gasteiger partial charge < -0.3 is 19.7 Å². The molecule has 148 valence electrons. The molecule has 5 heteroatoms. The summed E-state index contributed by atoms with van der Waals surface area (Å²) < 4.78 is 11.6. The predicted molar refractivity (Wildman–Crippen MR) is 108 cm³/mol. The van der Waals surface area contributed by atoms with Crippen molar-refractivity contribution >= 4 is 11.6 Å². The van der Waals surface area contributed by atoms with Crippen LogP contribution in [0.5, 0.6) is 5.75 Å². The van der Waals surface area contributed by atoms with E-state index in [1.54, 1.807) is 0 Å². The van der Waals surface area contributed by atoms with Gasteiger partial charge in [0.15, 0.2) is 0 Å². The molecule has 1 aromatic carbocycles. The van der Waals surface area contributed by atoms with E-state index in [4.69, 9.17) is 9.47 Å². The van der Waals surface area contributed by atoms with E-state index in [-0.39, 0.29) is 5.91 Å². The summed E-state index contributed by atoms with van der Waals surface area (Å²) in [5.41, 5.74) is -0.0219. The minimum absolute atomic E-state index is 0.0842. The Morgan fingerprint density at radius 3 is 2.35 bits per heavy atom. The van der Waals surface area contributed by atoms with Crippen molar-refractivity contribution in [3.63, 3.8) is 0 Å². The maximum absolute atomic E-state index is 12.7. The maximum atomic E-state index is 12.7. The summed E-state index contributed by atoms with van der Waals surface area (Å²) in [6.07, 6.45) is 4.61. The highest BCUT2D eigenvalue weighted by Crippen LogP contribution is 2.23. The SMILES string of the molecule is CCCCC(C)(OCCC)C(=O)Nc1ccc(OCCCN(C)C)cc1. The normalized spacial score (nSPS) is 13.5. The summed E-state index contributed by atoms with van der Waals surface area (Å²) in [6.45, 7) is 8.33. The Hall–Kier alpha value is -1.59. The molecule has 0 saturated carbocycles. The third kappa shape index (κ3) is 8.19. The van der Waals surface area contributed by atoms with Gasteiger partial charge in [0.1, 0.15) is 11.4 Å². The molecule has 5 nitrogen and oxygen atoms in total. The molecule has 0 aliphatic carbocycles. The number of nitrogens with zero attached hydrogens (tertiary/aromatic N) is 1. The van der Waals surface area contributed by atoms with Crippen molar-refractivity contribution in [2.45, 2.75) is 58.5 Å². The molecule has 0 aliphatic rings. The minimum Gasteiger partial charge on any atom is -0.494 e. The largest absolute Gasteiger partial charge is 0.494 e. The van der Waals surface area contributed by atoms with Crippen molar-refractivity contribution in [2.24, 2.45) is 0 Å². The second-order valence-electron chi connectivity index (χ2n) is 7.17. The van der Waals surface area contributed by atoms with Gasteiger partial charge in [0.25, 0.3) is 5.91 Å². The van der Waals surface area contributed by atoms with Gasteiger partial charge in [0, 0.05) is 18.8 Å². The zero-order chi connectivity index (χ0) is 19.4. The van der Waals surface area contributed by atoms with Gasteiger partial charge in [0.2, 0.25) is 0 Å². The first-order valence-electron chi connectivity index (χ1n) is 9.74. The highest BCUT2D eigenvalue weighted by atomic mass is 16.5. The molecule has 0 aliphatic heterocycles. The lowest BCUT2D eigenvalue weighted by molar-refractivity contribution is -0.140. The molecule has 1 atom stereocenters. The van der Waals surface area contributed by atoms with Gasteiger partial charge in [-0.2, -0.15) is 0 Å². The standard InChI is InChI=1S/C21H36N2O3/c1-6-8-14-21(3,26-16-7-2)20(24)22-18-10-12-19(13-11-18)25-17-9-15-23(4)5/h10-13H,6-9,14-17H2,1-5H3,(H,22,24). The van der Waals surface area contributed by atoms with E-state index in [0.717, 1.165) is 50.1 Å². The molecule has 1 rings (SSSR count). The van der Waals surface area contributed by atoms with Gasteiger partial charge in [-0.1, -0.05) is 26.7 Å². The molecule has 1 unspecified atom stereocenters. The van der Waals surface area contributed by atoms with Crippen LogP contribution in [0, 0.1) is 0 Å². The van der Waals surface area contributed by atoms with Crippen molar-refractivity contribution in [3.8, 4) is 5.75 Å². The van der Waals surface area contributed by atoms with Crippen LogP contribution in [-0.2, 0) is 9.53 Å². The van der Waals surface area contributed by atoms with Crippen molar-refractivity contribution in [1.29, 1.82) is 0 Å².